The molecule has 2 N–H and O–H groups in total. The summed E-state index contributed by atoms with van der Waals surface area (Å²) in [5.74, 6) is 0.00806. The molecule has 0 spiro atoms. The van der Waals surface area contributed by atoms with E-state index in [1.165, 1.54) is 6.21 Å². The zero-order valence-corrected chi connectivity index (χ0v) is 6.79. The first kappa shape index (κ1) is 8.68. The van der Waals surface area contributed by atoms with E-state index in [1.807, 2.05) is 0 Å². The minimum atomic E-state index is -0.466. The van der Waals surface area contributed by atoms with Gasteiger partial charge in [0.1, 0.15) is 0 Å². The van der Waals surface area contributed by atoms with E-state index in [9.17, 15) is 5.11 Å². The lowest BCUT2D eigenvalue weighted by Gasteiger charge is -2.31. The van der Waals surface area contributed by atoms with E-state index in [4.69, 9.17) is 10.1 Å². The van der Waals surface area contributed by atoms with Crippen LogP contribution >= 0.6 is 0 Å². The van der Waals surface area contributed by atoms with Gasteiger partial charge in [-0.2, -0.15) is 0 Å². The number of nitrogens with one attached hydrogen (secondary N) is 1. The number of aliphatic hydroxyl groups excluding tert-OH is 1. The smallest absolute Gasteiger partial charge is 0.0878 e. The fourth-order valence-electron chi connectivity index (χ4n) is 1.61. The van der Waals surface area contributed by atoms with Crippen molar-refractivity contribution in [3.8, 4) is 0 Å². The first-order valence-electron chi connectivity index (χ1n) is 4.01. The van der Waals surface area contributed by atoms with Gasteiger partial charge in [0.25, 0.3) is 0 Å². The van der Waals surface area contributed by atoms with Crippen molar-refractivity contribution in [1.29, 1.82) is 5.41 Å². The van der Waals surface area contributed by atoms with Gasteiger partial charge in [0.15, 0.2) is 0 Å². The van der Waals surface area contributed by atoms with Gasteiger partial charge in [-0.1, -0.05) is 6.42 Å². The summed E-state index contributed by atoms with van der Waals surface area (Å²) in [5, 5.41) is 16.6. The Kier molecular flexibility index (Phi) is 3.02. The lowest BCUT2D eigenvalue weighted by Crippen LogP contribution is -2.39. The lowest BCUT2D eigenvalue weighted by atomic mass is 9.85. The molecule has 11 heavy (non-hydrogen) atoms. The summed E-state index contributed by atoms with van der Waals surface area (Å²) in [5.41, 5.74) is 0. The second kappa shape index (κ2) is 3.83. The van der Waals surface area contributed by atoms with E-state index in [0.29, 0.717) is 0 Å². The van der Waals surface area contributed by atoms with Crippen molar-refractivity contribution in [3.05, 3.63) is 0 Å². The SMILES string of the molecule is COC1CCCC(C=N)C1O. The van der Waals surface area contributed by atoms with Crippen molar-refractivity contribution in [2.75, 3.05) is 7.11 Å². The molecule has 0 radical (unpaired) electrons. The van der Waals surface area contributed by atoms with Crippen LogP contribution in [-0.4, -0.2) is 30.6 Å². The van der Waals surface area contributed by atoms with Gasteiger partial charge in [0.2, 0.25) is 0 Å². The summed E-state index contributed by atoms with van der Waals surface area (Å²) >= 11 is 0. The molecule has 3 heteroatoms. The Morgan fingerprint density at radius 3 is 2.82 bits per heavy atom. The number of ether oxygens (including phenoxy) is 1. The van der Waals surface area contributed by atoms with E-state index in [1.54, 1.807) is 7.11 Å². The summed E-state index contributed by atoms with van der Waals surface area (Å²) in [7, 11) is 1.61. The minimum Gasteiger partial charge on any atom is -0.390 e. The number of hydrogen-bond acceptors (Lipinski definition) is 3. The van der Waals surface area contributed by atoms with Crippen molar-refractivity contribution >= 4 is 6.21 Å². The molecule has 0 heterocycles. The van der Waals surface area contributed by atoms with Gasteiger partial charge < -0.3 is 15.3 Å². The molecule has 0 aliphatic heterocycles. The maximum atomic E-state index is 9.55. The molecule has 3 nitrogen and oxygen atoms in total. The summed E-state index contributed by atoms with van der Waals surface area (Å²) in [6, 6.07) is 0. The fraction of sp³-hybridized carbons (Fsp3) is 0.875. The molecule has 0 amide bonds. The molecule has 0 bridgehead atoms. The molecule has 1 aliphatic carbocycles. The number of hydrogen-bond donors (Lipinski definition) is 2. The Hall–Kier alpha value is -0.410. The van der Waals surface area contributed by atoms with Crippen LogP contribution in [0.2, 0.25) is 0 Å². The molecule has 3 unspecified atom stereocenters. The maximum absolute atomic E-state index is 9.55. The summed E-state index contributed by atoms with van der Waals surface area (Å²) in [6.45, 7) is 0. The Morgan fingerprint density at radius 2 is 2.27 bits per heavy atom. The van der Waals surface area contributed by atoms with Crippen molar-refractivity contribution in [2.45, 2.75) is 31.5 Å². The molecule has 1 saturated carbocycles. The first-order chi connectivity index (χ1) is 5.29. The topological polar surface area (TPSA) is 53.3 Å². The molecule has 3 atom stereocenters. The average Bonchev–Trinajstić information content (AvgIpc) is 2.05. The monoisotopic (exact) mass is 157 g/mol. The van der Waals surface area contributed by atoms with E-state index in [0.717, 1.165) is 19.3 Å². The Morgan fingerprint density at radius 1 is 1.55 bits per heavy atom. The molecule has 64 valence electrons. The largest absolute Gasteiger partial charge is 0.390 e. The Bertz CT molecular complexity index is 138. The number of aliphatic hydroxyl groups is 1. The highest BCUT2D eigenvalue weighted by Crippen LogP contribution is 2.24. The van der Waals surface area contributed by atoms with Gasteiger partial charge in [-0.15, -0.1) is 0 Å². The van der Waals surface area contributed by atoms with E-state index >= 15 is 0 Å². The van der Waals surface area contributed by atoms with Crippen molar-refractivity contribution in [3.63, 3.8) is 0 Å². The number of methoxy groups -OCH3 is 1. The van der Waals surface area contributed by atoms with Gasteiger partial charge in [-0.25, -0.2) is 0 Å². The summed E-state index contributed by atoms with van der Waals surface area (Å²) in [4.78, 5) is 0. The first-order valence-corrected chi connectivity index (χ1v) is 4.01. The second-order valence-corrected chi connectivity index (χ2v) is 3.03. The molecule has 0 aromatic rings. The zero-order valence-electron chi connectivity index (χ0n) is 6.79. The van der Waals surface area contributed by atoms with Crippen molar-refractivity contribution in [1.82, 2.24) is 0 Å². The normalized spacial score (nSPS) is 38.5. The zero-order chi connectivity index (χ0) is 8.27. The van der Waals surface area contributed by atoms with Crippen LogP contribution < -0.4 is 0 Å². The molecule has 1 aliphatic rings. The highest BCUT2D eigenvalue weighted by molar-refractivity contribution is 5.58. The third-order valence-corrected chi connectivity index (χ3v) is 2.36. The predicted molar refractivity (Wildman–Crippen MR) is 42.9 cm³/mol. The Labute approximate surface area is 66.9 Å². The second-order valence-electron chi connectivity index (χ2n) is 3.03. The minimum absolute atomic E-state index is 0.00806. The maximum Gasteiger partial charge on any atom is 0.0878 e. The molecule has 1 fully saturated rings. The van der Waals surface area contributed by atoms with Crippen LogP contribution in [0.3, 0.4) is 0 Å². The van der Waals surface area contributed by atoms with E-state index in [2.05, 4.69) is 0 Å². The van der Waals surface area contributed by atoms with E-state index in [-0.39, 0.29) is 12.0 Å². The van der Waals surface area contributed by atoms with Crippen LogP contribution in [0.15, 0.2) is 0 Å². The van der Waals surface area contributed by atoms with Gasteiger partial charge >= 0.3 is 0 Å². The Balaban J connectivity index is 2.51. The third-order valence-electron chi connectivity index (χ3n) is 2.36. The standard InChI is InChI=1S/C8H15NO2/c1-11-7-4-2-3-6(5-9)8(7)10/h5-10H,2-4H2,1H3. The summed E-state index contributed by atoms with van der Waals surface area (Å²) < 4.78 is 5.08. The quantitative estimate of drug-likeness (QED) is 0.583. The van der Waals surface area contributed by atoms with Crippen LogP contribution in [0, 0.1) is 11.3 Å². The number of rotatable bonds is 2. The fourth-order valence-corrected chi connectivity index (χ4v) is 1.61. The van der Waals surface area contributed by atoms with Crippen molar-refractivity contribution < 1.29 is 9.84 Å². The average molecular weight is 157 g/mol. The van der Waals surface area contributed by atoms with Crippen LogP contribution in [0.1, 0.15) is 19.3 Å². The van der Waals surface area contributed by atoms with Gasteiger partial charge in [0.05, 0.1) is 12.2 Å². The van der Waals surface area contributed by atoms with Crippen LogP contribution in [0.4, 0.5) is 0 Å². The van der Waals surface area contributed by atoms with Gasteiger partial charge in [-0.3, -0.25) is 0 Å². The lowest BCUT2D eigenvalue weighted by molar-refractivity contribution is -0.0498. The van der Waals surface area contributed by atoms with E-state index < -0.39 is 6.10 Å². The third kappa shape index (κ3) is 1.79. The van der Waals surface area contributed by atoms with Crippen LogP contribution in [0.5, 0.6) is 0 Å². The van der Waals surface area contributed by atoms with Crippen LogP contribution in [-0.2, 0) is 4.74 Å². The molecular formula is C8H15NO2. The highest BCUT2D eigenvalue weighted by Gasteiger charge is 2.30. The molecule has 0 aromatic heterocycles. The predicted octanol–water partition coefficient (Wildman–Crippen LogP) is 0.812. The van der Waals surface area contributed by atoms with Crippen LogP contribution in [0.25, 0.3) is 0 Å². The summed E-state index contributed by atoms with van der Waals surface area (Å²) in [6.07, 6.45) is 3.69. The van der Waals surface area contributed by atoms with Gasteiger partial charge in [-0.05, 0) is 12.8 Å². The van der Waals surface area contributed by atoms with Gasteiger partial charge in [0, 0.05) is 19.2 Å². The molecular weight excluding hydrogens is 142 g/mol. The molecule has 0 saturated heterocycles. The molecule has 1 rings (SSSR count). The highest BCUT2D eigenvalue weighted by atomic mass is 16.5. The van der Waals surface area contributed by atoms with Crippen molar-refractivity contribution in [2.24, 2.45) is 5.92 Å². The molecule has 0 aromatic carbocycles.